The topological polar surface area (TPSA) is 28.2 Å². The number of fused-ring (bicyclic) bond motifs is 1. The molecule has 1 N–H and O–H groups in total. The number of rotatable bonds is 4. The molecule has 4 heteroatoms. The average molecular weight is 287 g/mol. The lowest BCUT2D eigenvalue weighted by atomic mass is 10.0. The summed E-state index contributed by atoms with van der Waals surface area (Å²) >= 11 is 1.88. The van der Waals surface area contributed by atoms with Gasteiger partial charge >= 0.3 is 0 Å². The smallest absolute Gasteiger partial charge is 0.131 e. The molecule has 0 amide bonds. The summed E-state index contributed by atoms with van der Waals surface area (Å²) in [6.45, 7) is 6.47. The van der Waals surface area contributed by atoms with Crippen molar-refractivity contribution >= 4 is 23.0 Å². The first-order chi connectivity index (χ1) is 9.79. The third-order valence-corrected chi connectivity index (χ3v) is 4.86. The van der Waals surface area contributed by atoms with E-state index in [0.717, 1.165) is 37.6 Å². The van der Waals surface area contributed by atoms with Crippen LogP contribution in [0.1, 0.15) is 36.8 Å². The second kappa shape index (κ2) is 5.83. The van der Waals surface area contributed by atoms with E-state index in [0.29, 0.717) is 6.04 Å². The van der Waals surface area contributed by atoms with Crippen molar-refractivity contribution in [2.75, 3.05) is 23.3 Å². The number of nitrogens with zero attached hydrogens (tertiary/aromatic N) is 2. The molecule has 0 radical (unpaired) electrons. The van der Waals surface area contributed by atoms with Crippen LogP contribution in [-0.4, -0.2) is 18.1 Å². The Balaban J connectivity index is 1.83. The van der Waals surface area contributed by atoms with Crippen LogP contribution in [-0.2, 0) is 6.42 Å². The molecule has 3 rings (SSSR count). The molecule has 0 aromatic carbocycles. The maximum absolute atomic E-state index is 4.76. The highest BCUT2D eigenvalue weighted by Gasteiger charge is 2.25. The zero-order valence-electron chi connectivity index (χ0n) is 12.1. The van der Waals surface area contributed by atoms with Crippen molar-refractivity contribution in [3.05, 3.63) is 40.1 Å². The van der Waals surface area contributed by atoms with E-state index in [1.807, 2.05) is 17.4 Å². The maximum atomic E-state index is 4.76. The van der Waals surface area contributed by atoms with Gasteiger partial charge in [0, 0.05) is 18.0 Å². The van der Waals surface area contributed by atoms with Gasteiger partial charge < -0.3 is 10.2 Å². The molecule has 0 fully saturated rings. The van der Waals surface area contributed by atoms with Gasteiger partial charge in [-0.3, -0.25) is 0 Å². The molecule has 20 heavy (non-hydrogen) atoms. The number of nitrogens with one attached hydrogen (secondary N) is 1. The lowest BCUT2D eigenvalue weighted by Crippen LogP contribution is -2.33. The minimum absolute atomic E-state index is 0.416. The molecule has 2 aromatic rings. The third kappa shape index (κ3) is 2.52. The van der Waals surface area contributed by atoms with Crippen molar-refractivity contribution in [1.82, 2.24) is 4.98 Å². The van der Waals surface area contributed by atoms with E-state index in [1.54, 1.807) is 0 Å². The van der Waals surface area contributed by atoms with Crippen LogP contribution in [0.2, 0.25) is 0 Å². The fourth-order valence-electron chi connectivity index (χ4n) is 2.76. The molecule has 0 saturated carbocycles. The Kier molecular flexibility index (Phi) is 3.92. The molecule has 3 nitrogen and oxygen atoms in total. The first kappa shape index (κ1) is 13.4. The monoisotopic (exact) mass is 287 g/mol. The van der Waals surface area contributed by atoms with E-state index in [-0.39, 0.29) is 0 Å². The first-order valence-corrected chi connectivity index (χ1v) is 8.21. The fourth-order valence-corrected chi connectivity index (χ4v) is 3.72. The standard InChI is InChI=1S/C16H21N3S/c1-3-9-17-15-5-4-6-16(18-15)19-10-7-14-13(12(19)2)8-11-20-14/h4-6,8,11-12H,3,7,9-10H2,1-2H3,(H,17,18). The van der Waals surface area contributed by atoms with Crippen LogP contribution in [0.5, 0.6) is 0 Å². The molecule has 0 saturated heterocycles. The summed E-state index contributed by atoms with van der Waals surface area (Å²) in [5, 5.41) is 5.57. The number of anilines is 2. The summed E-state index contributed by atoms with van der Waals surface area (Å²) in [6, 6.07) is 8.93. The van der Waals surface area contributed by atoms with Crippen LogP contribution in [0.25, 0.3) is 0 Å². The molecule has 1 atom stereocenters. The largest absolute Gasteiger partial charge is 0.370 e. The minimum Gasteiger partial charge on any atom is -0.370 e. The number of hydrogen-bond acceptors (Lipinski definition) is 4. The van der Waals surface area contributed by atoms with Crippen molar-refractivity contribution in [2.24, 2.45) is 0 Å². The highest BCUT2D eigenvalue weighted by atomic mass is 32.1. The van der Waals surface area contributed by atoms with Gasteiger partial charge in [-0.1, -0.05) is 13.0 Å². The predicted octanol–water partition coefficient (Wildman–Crippen LogP) is 4.09. The van der Waals surface area contributed by atoms with Gasteiger partial charge in [0.2, 0.25) is 0 Å². The molecular weight excluding hydrogens is 266 g/mol. The second-order valence-electron chi connectivity index (χ2n) is 5.23. The van der Waals surface area contributed by atoms with E-state index >= 15 is 0 Å². The van der Waals surface area contributed by atoms with Gasteiger partial charge in [-0.25, -0.2) is 4.98 Å². The van der Waals surface area contributed by atoms with Gasteiger partial charge in [-0.2, -0.15) is 0 Å². The molecular formula is C16H21N3S. The summed E-state index contributed by atoms with van der Waals surface area (Å²) < 4.78 is 0. The molecule has 1 aliphatic heterocycles. The number of aromatic nitrogens is 1. The molecule has 1 unspecified atom stereocenters. The summed E-state index contributed by atoms with van der Waals surface area (Å²) in [5.74, 6) is 2.06. The van der Waals surface area contributed by atoms with E-state index in [1.165, 1.54) is 10.4 Å². The van der Waals surface area contributed by atoms with Crippen LogP contribution in [0.15, 0.2) is 29.6 Å². The van der Waals surface area contributed by atoms with Gasteiger partial charge in [0.15, 0.2) is 0 Å². The summed E-state index contributed by atoms with van der Waals surface area (Å²) in [4.78, 5) is 8.70. The van der Waals surface area contributed by atoms with E-state index in [9.17, 15) is 0 Å². The molecule has 1 aliphatic rings. The highest BCUT2D eigenvalue weighted by molar-refractivity contribution is 7.10. The second-order valence-corrected chi connectivity index (χ2v) is 6.23. The van der Waals surface area contributed by atoms with Gasteiger partial charge in [-0.05, 0) is 48.9 Å². The van der Waals surface area contributed by atoms with Crippen LogP contribution in [0.3, 0.4) is 0 Å². The van der Waals surface area contributed by atoms with Gasteiger partial charge in [0.1, 0.15) is 11.6 Å². The van der Waals surface area contributed by atoms with Crippen molar-refractivity contribution in [1.29, 1.82) is 0 Å². The zero-order chi connectivity index (χ0) is 13.9. The SMILES string of the molecule is CCCNc1cccc(N2CCc3sccc3C2C)n1. The van der Waals surface area contributed by atoms with Crippen molar-refractivity contribution in [3.63, 3.8) is 0 Å². The van der Waals surface area contributed by atoms with Crippen molar-refractivity contribution in [2.45, 2.75) is 32.7 Å². The van der Waals surface area contributed by atoms with Crippen molar-refractivity contribution < 1.29 is 0 Å². The summed E-state index contributed by atoms with van der Waals surface area (Å²) in [7, 11) is 0. The quantitative estimate of drug-likeness (QED) is 0.918. The molecule has 3 heterocycles. The van der Waals surface area contributed by atoms with E-state index in [4.69, 9.17) is 4.98 Å². The van der Waals surface area contributed by atoms with Gasteiger partial charge in [0.25, 0.3) is 0 Å². The number of pyridine rings is 1. The third-order valence-electron chi connectivity index (χ3n) is 3.86. The Hall–Kier alpha value is -1.55. The van der Waals surface area contributed by atoms with Crippen LogP contribution >= 0.6 is 11.3 Å². The normalized spacial score (nSPS) is 17.9. The lowest BCUT2D eigenvalue weighted by molar-refractivity contribution is 0.625. The van der Waals surface area contributed by atoms with Crippen LogP contribution < -0.4 is 10.2 Å². The molecule has 2 aromatic heterocycles. The zero-order valence-corrected chi connectivity index (χ0v) is 12.9. The summed E-state index contributed by atoms with van der Waals surface area (Å²) in [5.41, 5.74) is 1.47. The highest BCUT2D eigenvalue weighted by Crippen LogP contribution is 2.35. The molecule has 0 aliphatic carbocycles. The number of hydrogen-bond donors (Lipinski definition) is 1. The molecule has 0 bridgehead atoms. The maximum Gasteiger partial charge on any atom is 0.131 e. The Morgan fingerprint density at radius 2 is 2.30 bits per heavy atom. The van der Waals surface area contributed by atoms with E-state index in [2.05, 4.69) is 47.6 Å². The molecule has 0 spiro atoms. The Morgan fingerprint density at radius 3 is 3.15 bits per heavy atom. The van der Waals surface area contributed by atoms with Crippen LogP contribution in [0.4, 0.5) is 11.6 Å². The Morgan fingerprint density at radius 1 is 1.40 bits per heavy atom. The first-order valence-electron chi connectivity index (χ1n) is 7.33. The minimum atomic E-state index is 0.416. The van der Waals surface area contributed by atoms with Gasteiger partial charge in [0.05, 0.1) is 6.04 Å². The lowest BCUT2D eigenvalue weighted by Gasteiger charge is -2.34. The van der Waals surface area contributed by atoms with Crippen LogP contribution in [0, 0.1) is 0 Å². The van der Waals surface area contributed by atoms with E-state index < -0.39 is 0 Å². The average Bonchev–Trinajstić information content (AvgIpc) is 2.95. The Bertz CT molecular complexity index is 579. The predicted molar refractivity (Wildman–Crippen MR) is 86.8 cm³/mol. The fraction of sp³-hybridized carbons (Fsp3) is 0.438. The molecule has 106 valence electrons. The number of thiophene rings is 1. The Labute approximate surface area is 124 Å². The van der Waals surface area contributed by atoms with Gasteiger partial charge in [-0.15, -0.1) is 11.3 Å². The van der Waals surface area contributed by atoms with Crippen molar-refractivity contribution in [3.8, 4) is 0 Å². The summed E-state index contributed by atoms with van der Waals surface area (Å²) in [6.07, 6.45) is 2.25.